The number of halogens is 1. The molecule has 0 aliphatic heterocycles. The summed E-state index contributed by atoms with van der Waals surface area (Å²) >= 11 is 0. The summed E-state index contributed by atoms with van der Waals surface area (Å²) in [5.41, 5.74) is 7.59. The van der Waals surface area contributed by atoms with Crippen molar-refractivity contribution < 1.29 is 19.1 Å². The molecule has 0 aromatic rings. The van der Waals surface area contributed by atoms with Crippen LogP contribution in [0.1, 0.15) is 19.3 Å². The van der Waals surface area contributed by atoms with E-state index in [1.54, 1.807) is 7.05 Å². The molecule has 1 amide bonds. The Morgan fingerprint density at radius 2 is 2.24 bits per heavy atom. The quantitative estimate of drug-likeness (QED) is 0.233. The van der Waals surface area contributed by atoms with Gasteiger partial charge in [-0.25, -0.2) is 9.87 Å². The number of carbonyl (C=O) groups excluding carboxylic acids is 1. The Kier molecular flexibility index (Phi) is 9.50. The van der Waals surface area contributed by atoms with Crippen molar-refractivity contribution in [1.82, 2.24) is 5.48 Å². The lowest BCUT2D eigenvalue weighted by Gasteiger charge is -2.08. The van der Waals surface area contributed by atoms with Crippen molar-refractivity contribution in [3.05, 3.63) is 0 Å². The number of hydrogen-bond acceptors (Lipinski definition) is 5. The summed E-state index contributed by atoms with van der Waals surface area (Å²) in [6, 6.07) is 0. The molecule has 0 radical (unpaired) electrons. The molecule has 1 atom stereocenters. The number of hydroxylamine groups is 1. The molecule has 0 heterocycles. The van der Waals surface area contributed by atoms with Gasteiger partial charge in [0.25, 0.3) is 5.91 Å². The number of nitrogens with one attached hydrogen (secondary N) is 1. The molecule has 0 saturated carbocycles. The predicted octanol–water partition coefficient (Wildman–Crippen LogP) is 0.0463. The van der Waals surface area contributed by atoms with E-state index >= 15 is 0 Å². The van der Waals surface area contributed by atoms with Gasteiger partial charge in [0.05, 0.1) is 6.61 Å². The number of nitrogens with zero attached hydrogens (tertiary/aromatic N) is 1. The van der Waals surface area contributed by atoms with Gasteiger partial charge in [0.15, 0.2) is 6.17 Å². The second-order valence-electron chi connectivity index (χ2n) is 3.42. The number of carbonyl (C=O) groups is 1. The minimum Gasteiger partial charge on any atom is -0.381 e. The number of aliphatic imine (C=N–C) groups is 1. The SMILES string of the molecule is CN=C(CCN)CCOCCC(F)C(=O)NO. The molecule has 7 heteroatoms. The highest BCUT2D eigenvalue weighted by atomic mass is 19.1. The lowest BCUT2D eigenvalue weighted by atomic mass is 10.2. The fourth-order valence-electron chi connectivity index (χ4n) is 1.20. The van der Waals surface area contributed by atoms with Crippen LogP contribution < -0.4 is 11.2 Å². The summed E-state index contributed by atoms with van der Waals surface area (Å²) in [5.74, 6) is -1.05. The number of ether oxygens (including phenoxy) is 1. The van der Waals surface area contributed by atoms with Gasteiger partial charge in [-0.15, -0.1) is 0 Å². The molecule has 0 saturated heterocycles. The van der Waals surface area contributed by atoms with Gasteiger partial charge >= 0.3 is 0 Å². The van der Waals surface area contributed by atoms with E-state index in [1.807, 2.05) is 0 Å². The maximum Gasteiger partial charge on any atom is 0.277 e. The number of alkyl halides is 1. The second-order valence-corrected chi connectivity index (χ2v) is 3.42. The molecule has 100 valence electrons. The molecule has 4 N–H and O–H groups in total. The van der Waals surface area contributed by atoms with Gasteiger partial charge in [-0.2, -0.15) is 0 Å². The summed E-state index contributed by atoms with van der Waals surface area (Å²) in [6.07, 6.45) is -0.458. The summed E-state index contributed by atoms with van der Waals surface area (Å²) < 4.78 is 18.0. The van der Waals surface area contributed by atoms with Gasteiger partial charge in [-0.1, -0.05) is 0 Å². The van der Waals surface area contributed by atoms with E-state index in [0.29, 0.717) is 19.6 Å². The summed E-state index contributed by atoms with van der Waals surface area (Å²) in [6.45, 7) is 1.07. The summed E-state index contributed by atoms with van der Waals surface area (Å²) in [4.78, 5) is 14.6. The largest absolute Gasteiger partial charge is 0.381 e. The normalized spacial score (nSPS) is 13.5. The number of rotatable bonds is 9. The molecule has 0 rings (SSSR count). The molecule has 0 bridgehead atoms. The Hall–Kier alpha value is -1.05. The smallest absolute Gasteiger partial charge is 0.277 e. The first-order chi connectivity index (χ1) is 8.15. The first kappa shape index (κ1) is 16.0. The highest BCUT2D eigenvalue weighted by Crippen LogP contribution is 1.99. The maximum absolute atomic E-state index is 12.9. The van der Waals surface area contributed by atoms with E-state index in [9.17, 15) is 9.18 Å². The zero-order valence-corrected chi connectivity index (χ0v) is 9.99. The molecule has 0 spiro atoms. The maximum atomic E-state index is 12.9. The number of nitrogens with two attached hydrogens (primary N) is 1. The van der Waals surface area contributed by atoms with Crippen LogP contribution >= 0.6 is 0 Å². The van der Waals surface area contributed by atoms with E-state index in [2.05, 4.69) is 4.99 Å². The third-order valence-corrected chi connectivity index (χ3v) is 2.19. The molecular formula is C10H20FN3O3. The fraction of sp³-hybridized carbons (Fsp3) is 0.800. The Bertz CT molecular complexity index is 249. The van der Waals surface area contributed by atoms with Gasteiger partial charge in [-0.3, -0.25) is 15.0 Å². The molecule has 0 aromatic heterocycles. The molecule has 0 aliphatic rings. The first-order valence-corrected chi connectivity index (χ1v) is 5.46. The minimum absolute atomic E-state index is 0.0815. The molecule has 1 unspecified atom stereocenters. The number of hydrogen-bond donors (Lipinski definition) is 3. The monoisotopic (exact) mass is 249 g/mol. The zero-order chi connectivity index (χ0) is 13.1. The number of amides is 1. The van der Waals surface area contributed by atoms with Crippen LogP contribution in [-0.4, -0.2) is 49.8 Å². The lowest BCUT2D eigenvalue weighted by Crippen LogP contribution is -2.30. The highest BCUT2D eigenvalue weighted by molar-refractivity contribution is 5.84. The second kappa shape index (κ2) is 10.1. The van der Waals surface area contributed by atoms with Crippen LogP contribution in [0.3, 0.4) is 0 Å². The van der Waals surface area contributed by atoms with Crippen LogP contribution in [0.25, 0.3) is 0 Å². The first-order valence-electron chi connectivity index (χ1n) is 5.46. The van der Waals surface area contributed by atoms with Crippen molar-refractivity contribution in [2.24, 2.45) is 10.7 Å². The summed E-state index contributed by atoms with van der Waals surface area (Å²) in [5, 5.41) is 8.16. The third-order valence-electron chi connectivity index (χ3n) is 2.19. The van der Waals surface area contributed by atoms with Crippen molar-refractivity contribution in [2.75, 3.05) is 26.8 Å². The molecule has 6 nitrogen and oxygen atoms in total. The highest BCUT2D eigenvalue weighted by Gasteiger charge is 2.15. The van der Waals surface area contributed by atoms with E-state index in [0.717, 1.165) is 12.1 Å². The van der Waals surface area contributed by atoms with Crippen LogP contribution in [0.15, 0.2) is 4.99 Å². The van der Waals surface area contributed by atoms with Gasteiger partial charge in [-0.05, 0) is 13.0 Å². The van der Waals surface area contributed by atoms with Gasteiger partial charge in [0.1, 0.15) is 0 Å². The third kappa shape index (κ3) is 7.78. The van der Waals surface area contributed by atoms with Gasteiger partial charge in [0.2, 0.25) is 0 Å². The van der Waals surface area contributed by atoms with Crippen molar-refractivity contribution in [3.63, 3.8) is 0 Å². The van der Waals surface area contributed by atoms with Crippen molar-refractivity contribution in [2.45, 2.75) is 25.4 Å². The Morgan fingerprint density at radius 3 is 2.76 bits per heavy atom. The van der Waals surface area contributed by atoms with Crippen LogP contribution in [0.4, 0.5) is 4.39 Å². The minimum atomic E-state index is -1.75. The average molecular weight is 249 g/mol. The molecule has 0 aromatic carbocycles. The Labute approximate surface area is 100.0 Å². The van der Waals surface area contributed by atoms with Gasteiger partial charge in [0, 0.05) is 32.2 Å². The van der Waals surface area contributed by atoms with E-state index in [-0.39, 0.29) is 13.0 Å². The molecule has 0 aliphatic carbocycles. The van der Waals surface area contributed by atoms with E-state index in [1.165, 1.54) is 5.48 Å². The van der Waals surface area contributed by atoms with Crippen molar-refractivity contribution in [1.29, 1.82) is 0 Å². The molecule has 0 fully saturated rings. The Morgan fingerprint density at radius 1 is 1.53 bits per heavy atom. The fourth-order valence-corrected chi connectivity index (χ4v) is 1.20. The van der Waals surface area contributed by atoms with Crippen LogP contribution in [0.2, 0.25) is 0 Å². The predicted molar refractivity (Wildman–Crippen MR) is 61.9 cm³/mol. The standard InChI is InChI=1S/C10H20FN3O3/c1-13-8(2-5-12)3-6-17-7-4-9(11)10(15)14-16/h9,16H,2-7,12H2,1H3,(H,14,15). The topological polar surface area (TPSA) is 96.9 Å². The van der Waals surface area contributed by atoms with E-state index in [4.69, 9.17) is 15.7 Å². The lowest BCUT2D eigenvalue weighted by molar-refractivity contribution is -0.135. The van der Waals surface area contributed by atoms with Crippen molar-refractivity contribution >= 4 is 11.6 Å². The average Bonchev–Trinajstić information content (AvgIpc) is 2.35. The van der Waals surface area contributed by atoms with Crippen LogP contribution in [0.5, 0.6) is 0 Å². The van der Waals surface area contributed by atoms with E-state index < -0.39 is 12.1 Å². The van der Waals surface area contributed by atoms with Crippen molar-refractivity contribution in [3.8, 4) is 0 Å². The van der Waals surface area contributed by atoms with Crippen LogP contribution in [0, 0.1) is 0 Å². The Balaban J connectivity index is 3.55. The summed E-state index contributed by atoms with van der Waals surface area (Å²) in [7, 11) is 1.69. The zero-order valence-electron chi connectivity index (χ0n) is 9.99. The molecular weight excluding hydrogens is 229 g/mol. The van der Waals surface area contributed by atoms with Gasteiger partial charge < -0.3 is 10.5 Å². The molecule has 17 heavy (non-hydrogen) atoms. The van der Waals surface area contributed by atoms with Crippen LogP contribution in [-0.2, 0) is 9.53 Å².